The monoisotopic (exact) mass is 379 g/mol. The number of nitrogens with zero attached hydrogens (tertiary/aromatic N) is 2. The largest absolute Gasteiger partial charge is 0.356 e. The van der Waals surface area contributed by atoms with Crippen LogP contribution in [0.25, 0.3) is 0 Å². The predicted octanol–water partition coefficient (Wildman–Crippen LogP) is 3.05. The second kappa shape index (κ2) is 9.78. The third-order valence-corrected chi connectivity index (χ3v) is 4.85. The summed E-state index contributed by atoms with van der Waals surface area (Å²) in [6, 6.07) is 9.55. The zero-order valence-electron chi connectivity index (χ0n) is 15.8. The molecule has 0 radical (unpaired) electrons. The molecule has 2 aliphatic rings. The number of unbranched alkanes of at least 4 members (excludes halogenated alkanes) is 2. The van der Waals surface area contributed by atoms with E-state index in [-0.39, 0.29) is 11.8 Å². The number of imide groups is 1. The van der Waals surface area contributed by atoms with E-state index in [1.807, 2.05) is 30.3 Å². The van der Waals surface area contributed by atoms with Crippen LogP contribution in [0.3, 0.4) is 0 Å². The van der Waals surface area contributed by atoms with Crippen LogP contribution >= 0.6 is 0 Å². The lowest BCUT2D eigenvalue weighted by molar-refractivity contribution is -0.129. The van der Waals surface area contributed by atoms with Crippen LogP contribution in [0.1, 0.15) is 31.2 Å². The van der Waals surface area contributed by atoms with Crippen LogP contribution in [0.15, 0.2) is 59.6 Å². The Hall–Kier alpha value is -3.02. The summed E-state index contributed by atoms with van der Waals surface area (Å²) in [4.78, 5) is 41.6. The van der Waals surface area contributed by atoms with Crippen molar-refractivity contribution in [1.82, 2.24) is 10.2 Å². The van der Waals surface area contributed by atoms with Gasteiger partial charge in [-0.2, -0.15) is 4.99 Å². The Balaban J connectivity index is 1.31. The summed E-state index contributed by atoms with van der Waals surface area (Å²) in [6.45, 7) is 0.974. The van der Waals surface area contributed by atoms with E-state index >= 15 is 0 Å². The Labute approximate surface area is 165 Å². The van der Waals surface area contributed by atoms with Crippen LogP contribution in [0, 0.1) is 5.92 Å². The van der Waals surface area contributed by atoms with E-state index in [0.717, 1.165) is 19.3 Å². The highest BCUT2D eigenvalue weighted by Gasteiger charge is 2.35. The van der Waals surface area contributed by atoms with Crippen LogP contribution in [-0.2, 0) is 16.0 Å². The Bertz CT molecular complexity index is 812. The minimum absolute atomic E-state index is 0.0365. The summed E-state index contributed by atoms with van der Waals surface area (Å²) in [5.41, 5.74) is 1.72. The summed E-state index contributed by atoms with van der Waals surface area (Å²) in [5.74, 6) is -0.623. The normalized spacial score (nSPS) is 18.1. The minimum Gasteiger partial charge on any atom is -0.356 e. The standard InChI is InChI=1S/C22H25N3O3/c26-20(23-15-14-17-9-3-1-4-10-17)13-5-2-8-16-25-21(27)18-11-6-7-12-19(18)24-22(25)28/h1,3-4,6-7,9-12,18H,2,5,8,13-16H2,(H,23,26). The third-order valence-electron chi connectivity index (χ3n) is 4.85. The van der Waals surface area contributed by atoms with Crippen molar-refractivity contribution in [2.75, 3.05) is 13.1 Å². The molecule has 146 valence electrons. The molecule has 1 aliphatic carbocycles. The molecule has 1 heterocycles. The van der Waals surface area contributed by atoms with Gasteiger partial charge in [-0.25, -0.2) is 4.79 Å². The van der Waals surface area contributed by atoms with Crippen molar-refractivity contribution < 1.29 is 14.4 Å². The Kier molecular flexibility index (Phi) is 6.89. The molecule has 0 spiro atoms. The van der Waals surface area contributed by atoms with Crippen LogP contribution in [0.2, 0.25) is 0 Å². The lowest BCUT2D eigenvalue weighted by Crippen LogP contribution is -2.46. The predicted molar refractivity (Wildman–Crippen MR) is 108 cm³/mol. The van der Waals surface area contributed by atoms with Crippen molar-refractivity contribution in [3.63, 3.8) is 0 Å². The van der Waals surface area contributed by atoms with Gasteiger partial charge in [-0.15, -0.1) is 0 Å². The van der Waals surface area contributed by atoms with E-state index in [4.69, 9.17) is 0 Å². The molecule has 6 heteroatoms. The number of hydrogen-bond donors (Lipinski definition) is 1. The quantitative estimate of drug-likeness (QED) is 0.670. The van der Waals surface area contributed by atoms with Gasteiger partial charge in [0.1, 0.15) is 0 Å². The molecule has 0 saturated heterocycles. The third kappa shape index (κ3) is 5.25. The first-order valence-corrected chi connectivity index (χ1v) is 9.74. The first kappa shape index (κ1) is 19.7. The maximum absolute atomic E-state index is 12.5. The van der Waals surface area contributed by atoms with Crippen molar-refractivity contribution >= 4 is 23.6 Å². The highest BCUT2D eigenvalue weighted by Crippen LogP contribution is 2.20. The topological polar surface area (TPSA) is 78.8 Å². The van der Waals surface area contributed by atoms with Gasteiger partial charge >= 0.3 is 6.03 Å². The number of amides is 4. The molecule has 0 fully saturated rings. The number of fused-ring (bicyclic) bond motifs is 1. The summed E-state index contributed by atoms with van der Waals surface area (Å²) >= 11 is 0. The highest BCUT2D eigenvalue weighted by molar-refractivity contribution is 6.21. The van der Waals surface area contributed by atoms with Gasteiger partial charge in [0.2, 0.25) is 11.8 Å². The molecule has 28 heavy (non-hydrogen) atoms. The smallest absolute Gasteiger partial charge is 0.350 e. The van der Waals surface area contributed by atoms with Crippen molar-refractivity contribution in [2.24, 2.45) is 10.9 Å². The average molecular weight is 379 g/mol. The summed E-state index contributed by atoms with van der Waals surface area (Å²) in [5, 5.41) is 2.93. The minimum atomic E-state index is -0.491. The first-order chi connectivity index (χ1) is 13.6. The second-order valence-electron chi connectivity index (χ2n) is 6.93. The maximum Gasteiger partial charge on any atom is 0.350 e. The Morgan fingerprint density at radius 1 is 1.07 bits per heavy atom. The number of carbonyl (C=O) groups is 3. The van der Waals surface area contributed by atoms with Gasteiger partial charge < -0.3 is 5.32 Å². The molecule has 4 amide bonds. The number of rotatable bonds is 9. The van der Waals surface area contributed by atoms with Crippen LogP contribution in [0.5, 0.6) is 0 Å². The molecular formula is C22H25N3O3. The number of aliphatic imine (C=N–C) groups is 1. The first-order valence-electron chi connectivity index (χ1n) is 9.74. The van der Waals surface area contributed by atoms with Gasteiger partial charge in [-0.1, -0.05) is 55.0 Å². The molecule has 1 N–H and O–H groups in total. The Morgan fingerprint density at radius 3 is 2.71 bits per heavy atom. The van der Waals surface area contributed by atoms with Crippen LogP contribution < -0.4 is 5.32 Å². The molecule has 1 aromatic rings. The van der Waals surface area contributed by atoms with E-state index in [9.17, 15) is 14.4 Å². The Morgan fingerprint density at radius 2 is 1.89 bits per heavy atom. The fraction of sp³-hybridized carbons (Fsp3) is 0.364. The molecule has 1 atom stereocenters. The fourth-order valence-electron chi connectivity index (χ4n) is 3.30. The SMILES string of the molecule is O=C(CCCCCN1C(=O)N=C2C=CC=CC2C1=O)NCCc1ccccc1. The molecule has 1 aliphatic heterocycles. The molecular weight excluding hydrogens is 354 g/mol. The van der Waals surface area contributed by atoms with Crippen molar-refractivity contribution in [1.29, 1.82) is 0 Å². The zero-order valence-corrected chi connectivity index (χ0v) is 15.8. The van der Waals surface area contributed by atoms with Gasteiger partial charge in [-0.3, -0.25) is 14.5 Å². The number of hydrogen-bond acceptors (Lipinski definition) is 3. The van der Waals surface area contributed by atoms with E-state index in [1.54, 1.807) is 24.3 Å². The van der Waals surface area contributed by atoms with Crippen LogP contribution in [-0.4, -0.2) is 41.5 Å². The number of nitrogens with one attached hydrogen (secondary N) is 1. The molecule has 0 saturated carbocycles. The van der Waals surface area contributed by atoms with Gasteiger partial charge in [0, 0.05) is 19.5 Å². The van der Waals surface area contributed by atoms with Crippen LogP contribution in [0.4, 0.5) is 4.79 Å². The lowest BCUT2D eigenvalue weighted by Gasteiger charge is -2.28. The molecule has 1 unspecified atom stereocenters. The van der Waals surface area contributed by atoms with Crippen molar-refractivity contribution in [2.45, 2.75) is 32.1 Å². The van der Waals surface area contributed by atoms with E-state index < -0.39 is 11.9 Å². The molecule has 6 nitrogen and oxygen atoms in total. The summed E-state index contributed by atoms with van der Waals surface area (Å²) in [7, 11) is 0. The van der Waals surface area contributed by atoms with Gasteiger partial charge in [0.25, 0.3) is 0 Å². The molecule has 0 bridgehead atoms. The molecule has 0 aromatic heterocycles. The number of carbonyl (C=O) groups excluding carboxylic acids is 3. The molecule has 1 aromatic carbocycles. The summed E-state index contributed by atoms with van der Waals surface area (Å²) < 4.78 is 0. The zero-order chi connectivity index (χ0) is 19.8. The highest BCUT2D eigenvalue weighted by atomic mass is 16.2. The van der Waals surface area contributed by atoms with Crippen molar-refractivity contribution in [3.05, 3.63) is 60.2 Å². The van der Waals surface area contributed by atoms with E-state index in [1.165, 1.54) is 10.5 Å². The number of allylic oxidation sites excluding steroid dienone is 3. The number of urea groups is 1. The average Bonchev–Trinajstić information content (AvgIpc) is 2.71. The van der Waals surface area contributed by atoms with Gasteiger partial charge in [-0.05, 0) is 30.9 Å². The summed E-state index contributed by atoms with van der Waals surface area (Å²) in [6.07, 6.45) is 10.5. The van der Waals surface area contributed by atoms with Gasteiger partial charge in [0.15, 0.2) is 0 Å². The maximum atomic E-state index is 12.5. The lowest BCUT2D eigenvalue weighted by atomic mass is 9.95. The molecule has 3 rings (SSSR count). The van der Waals surface area contributed by atoms with Gasteiger partial charge in [0.05, 0.1) is 11.6 Å². The van der Waals surface area contributed by atoms with Crippen molar-refractivity contribution in [3.8, 4) is 0 Å². The number of benzene rings is 1. The fourth-order valence-corrected chi connectivity index (χ4v) is 3.30. The second-order valence-corrected chi connectivity index (χ2v) is 6.93. The van der Waals surface area contributed by atoms with E-state index in [2.05, 4.69) is 10.3 Å². The van der Waals surface area contributed by atoms with E-state index in [0.29, 0.717) is 31.6 Å².